The molecule has 1 heterocycles. The van der Waals surface area contributed by atoms with Crippen molar-refractivity contribution in [1.29, 1.82) is 0 Å². The molecular formula is C18H20N2O. The molecule has 0 atom stereocenters. The summed E-state index contributed by atoms with van der Waals surface area (Å²) in [4.78, 5) is 14.5. The molecule has 21 heavy (non-hydrogen) atoms. The van der Waals surface area contributed by atoms with Crippen LogP contribution in [-0.4, -0.2) is 19.0 Å². The van der Waals surface area contributed by atoms with Crippen molar-refractivity contribution in [2.24, 2.45) is 0 Å². The zero-order valence-corrected chi connectivity index (χ0v) is 12.3. The first-order valence-corrected chi connectivity index (χ1v) is 7.49. The summed E-state index contributed by atoms with van der Waals surface area (Å²) in [6, 6.07) is 16.2. The van der Waals surface area contributed by atoms with Crippen LogP contribution in [0.2, 0.25) is 0 Å². The normalized spacial score (nSPS) is 14.1. The lowest BCUT2D eigenvalue weighted by Crippen LogP contribution is -2.37. The Bertz CT molecular complexity index is 634. The number of carbonyl (C=O) groups excluding carboxylic acids is 1. The fraction of sp³-hybridized carbons (Fsp3) is 0.278. The number of nitrogens with one attached hydrogen (secondary N) is 1. The molecule has 3 heteroatoms. The molecule has 3 rings (SSSR count). The van der Waals surface area contributed by atoms with E-state index in [4.69, 9.17) is 0 Å². The molecule has 0 aliphatic carbocycles. The van der Waals surface area contributed by atoms with Gasteiger partial charge < -0.3 is 10.2 Å². The highest BCUT2D eigenvalue weighted by Gasteiger charge is 2.24. The molecule has 0 unspecified atom stereocenters. The summed E-state index contributed by atoms with van der Waals surface area (Å²) >= 11 is 0. The molecule has 0 aromatic heterocycles. The third-order valence-corrected chi connectivity index (χ3v) is 3.92. The maximum absolute atomic E-state index is 12.6. The molecule has 1 aliphatic rings. The predicted octanol–water partition coefficient (Wildman–Crippen LogP) is 3.00. The van der Waals surface area contributed by atoms with Crippen LogP contribution < -0.4 is 10.2 Å². The van der Waals surface area contributed by atoms with Gasteiger partial charge in [0.15, 0.2) is 0 Å². The van der Waals surface area contributed by atoms with Crippen LogP contribution in [0.15, 0.2) is 48.5 Å². The van der Waals surface area contributed by atoms with Gasteiger partial charge in [0.05, 0.1) is 0 Å². The fourth-order valence-electron chi connectivity index (χ4n) is 2.74. The third-order valence-electron chi connectivity index (χ3n) is 3.92. The highest BCUT2D eigenvalue weighted by atomic mass is 16.2. The Morgan fingerprint density at radius 3 is 2.62 bits per heavy atom. The molecule has 2 aromatic rings. The summed E-state index contributed by atoms with van der Waals surface area (Å²) < 4.78 is 0. The molecule has 108 valence electrons. The topological polar surface area (TPSA) is 32.3 Å². The monoisotopic (exact) mass is 280 g/mol. The van der Waals surface area contributed by atoms with Gasteiger partial charge in [0.25, 0.3) is 5.91 Å². The predicted molar refractivity (Wildman–Crippen MR) is 85.6 cm³/mol. The summed E-state index contributed by atoms with van der Waals surface area (Å²) in [6.45, 7) is 4.68. The molecule has 0 radical (unpaired) electrons. The van der Waals surface area contributed by atoms with Crippen molar-refractivity contribution in [1.82, 2.24) is 5.32 Å². The first-order chi connectivity index (χ1) is 10.3. The second kappa shape index (κ2) is 6.10. The van der Waals surface area contributed by atoms with Crippen LogP contribution >= 0.6 is 0 Å². The number of hydrogen-bond acceptors (Lipinski definition) is 2. The number of rotatable bonds is 4. The van der Waals surface area contributed by atoms with Crippen molar-refractivity contribution >= 4 is 11.6 Å². The third kappa shape index (κ3) is 2.83. The van der Waals surface area contributed by atoms with Crippen LogP contribution in [0.5, 0.6) is 0 Å². The minimum absolute atomic E-state index is 0.108. The largest absolute Gasteiger partial charge is 0.313 e. The lowest BCUT2D eigenvalue weighted by atomic mass is 9.98. The molecule has 1 amide bonds. The van der Waals surface area contributed by atoms with E-state index in [-0.39, 0.29) is 5.91 Å². The van der Waals surface area contributed by atoms with Crippen LogP contribution in [0.1, 0.15) is 28.4 Å². The number of carbonyl (C=O) groups is 1. The van der Waals surface area contributed by atoms with Gasteiger partial charge in [0.2, 0.25) is 0 Å². The first kappa shape index (κ1) is 13.8. The molecule has 0 saturated heterocycles. The van der Waals surface area contributed by atoms with Gasteiger partial charge in [-0.3, -0.25) is 4.79 Å². The summed E-state index contributed by atoms with van der Waals surface area (Å²) in [6.07, 6.45) is 0.918. The first-order valence-electron chi connectivity index (χ1n) is 7.49. The SMILES string of the molecule is CCNCc1ccc(N2CCc3ccccc3C2=O)cc1. The Balaban J connectivity index is 1.80. The summed E-state index contributed by atoms with van der Waals surface area (Å²) in [5, 5.41) is 3.30. The van der Waals surface area contributed by atoms with Gasteiger partial charge in [-0.25, -0.2) is 0 Å². The summed E-state index contributed by atoms with van der Waals surface area (Å²) in [5.41, 5.74) is 4.21. The zero-order chi connectivity index (χ0) is 14.7. The molecule has 1 N–H and O–H groups in total. The lowest BCUT2D eigenvalue weighted by molar-refractivity contribution is 0.0980. The molecule has 3 nitrogen and oxygen atoms in total. The van der Waals surface area contributed by atoms with E-state index in [1.54, 1.807) is 0 Å². The minimum Gasteiger partial charge on any atom is -0.313 e. The number of fused-ring (bicyclic) bond motifs is 1. The Morgan fingerprint density at radius 1 is 1.10 bits per heavy atom. The van der Waals surface area contributed by atoms with Crippen LogP contribution in [0.25, 0.3) is 0 Å². The molecule has 1 aliphatic heterocycles. The number of amides is 1. The second-order valence-electron chi connectivity index (χ2n) is 5.31. The Hall–Kier alpha value is -2.13. The number of hydrogen-bond donors (Lipinski definition) is 1. The molecule has 0 saturated carbocycles. The fourth-order valence-corrected chi connectivity index (χ4v) is 2.74. The average Bonchev–Trinajstić information content (AvgIpc) is 2.54. The Morgan fingerprint density at radius 2 is 1.86 bits per heavy atom. The van der Waals surface area contributed by atoms with E-state index < -0.39 is 0 Å². The van der Waals surface area contributed by atoms with Gasteiger partial charge in [-0.05, 0) is 42.3 Å². The molecule has 0 bridgehead atoms. The van der Waals surface area contributed by atoms with Crippen LogP contribution in [0.3, 0.4) is 0 Å². The standard InChI is InChI=1S/C18H20N2O/c1-2-19-13-14-7-9-16(10-8-14)20-12-11-15-5-3-4-6-17(15)18(20)21/h3-10,19H,2,11-13H2,1H3. The van der Waals surface area contributed by atoms with E-state index in [9.17, 15) is 4.79 Å². The minimum atomic E-state index is 0.108. The van der Waals surface area contributed by atoms with Gasteiger partial charge >= 0.3 is 0 Å². The van der Waals surface area contributed by atoms with E-state index in [0.29, 0.717) is 0 Å². The number of nitrogens with zero attached hydrogens (tertiary/aromatic N) is 1. The van der Waals surface area contributed by atoms with Crippen LogP contribution in [-0.2, 0) is 13.0 Å². The van der Waals surface area contributed by atoms with Crippen molar-refractivity contribution in [2.75, 3.05) is 18.0 Å². The van der Waals surface area contributed by atoms with E-state index in [1.807, 2.05) is 41.3 Å². The molecule has 0 spiro atoms. The van der Waals surface area contributed by atoms with Crippen molar-refractivity contribution in [2.45, 2.75) is 19.9 Å². The highest BCUT2D eigenvalue weighted by molar-refractivity contribution is 6.08. The Labute approximate surface area is 125 Å². The van der Waals surface area contributed by atoms with Crippen LogP contribution in [0, 0.1) is 0 Å². The molecule has 0 fully saturated rings. The molecular weight excluding hydrogens is 260 g/mol. The average molecular weight is 280 g/mol. The maximum atomic E-state index is 12.6. The Kier molecular flexibility index (Phi) is 4.02. The highest BCUT2D eigenvalue weighted by Crippen LogP contribution is 2.24. The maximum Gasteiger partial charge on any atom is 0.258 e. The quantitative estimate of drug-likeness (QED) is 0.933. The smallest absolute Gasteiger partial charge is 0.258 e. The number of anilines is 1. The van der Waals surface area contributed by atoms with E-state index in [1.165, 1.54) is 5.56 Å². The van der Waals surface area contributed by atoms with Crippen molar-refractivity contribution in [3.63, 3.8) is 0 Å². The van der Waals surface area contributed by atoms with E-state index in [2.05, 4.69) is 24.4 Å². The molecule has 2 aromatic carbocycles. The van der Waals surface area contributed by atoms with Crippen LogP contribution in [0.4, 0.5) is 5.69 Å². The number of benzene rings is 2. The van der Waals surface area contributed by atoms with Crippen molar-refractivity contribution in [3.05, 3.63) is 65.2 Å². The van der Waals surface area contributed by atoms with Gasteiger partial charge in [-0.2, -0.15) is 0 Å². The van der Waals surface area contributed by atoms with Crippen molar-refractivity contribution < 1.29 is 4.79 Å². The summed E-state index contributed by atoms with van der Waals surface area (Å²) in [7, 11) is 0. The second-order valence-corrected chi connectivity index (χ2v) is 5.31. The van der Waals surface area contributed by atoms with Crippen molar-refractivity contribution in [3.8, 4) is 0 Å². The van der Waals surface area contributed by atoms with E-state index in [0.717, 1.165) is 42.9 Å². The van der Waals surface area contributed by atoms with E-state index >= 15 is 0 Å². The van der Waals surface area contributed by atoms with Gasteiger partial charge in [-0.15, -0.1) is 0 Å². The van der Waals surface area contributed by atoms with Gasteiger partial charge in [0, 0.05) is 24.3 Å². The zero-order valence-electron chi connectivity index (χ0n) is 12.3. The lowest BCUT2D eigenvalue weighted by Gasteiger charge is -2.28. The van der Waals surface area contributed by atoms with Gasteiger partial charge in [0.1, 0.15) is 0 Å². The summed E-state index contributed by atoms with van der Waals surface area (Å²) in [5.74, 6) is 0.108. The van der Waals surface area contributed by atoms with Gasteiger partial charge in [-0.1, -0.05) is 37.3 Å².